The van der Waals surface area contributed by atoms with Crippen LogP contribution in [0.1, 0.15) is 40.5 Å². The van der Waals surface area contributed by atoms with Crippen molar-refractivity contribution in [3.05, 3.63) is 12.2 Å². The molecule has 1 aliphatic heterocycles. The lowest BCUT2D eigenvalue weighted by Gasteiger charge is -1.92. The summed E-state index contributed by atoms with van der Waals surface area (Å²) in [5.41, 5.74) is 1.55. The van der Waals surface area contributed by atoms with Crippen LogP contribution in [-0.4, -0.2) is 12.2 Å². The Balaban J connectivity index is 0.000000187. The van der Waals surface area contributed by atoms with Gasteiger partial charge in [0.25, 0.3) is 0 Å². The monoisotopic (exact) mass is 156 g/mol. The van der Waals surface area contributed by atoms with Gasteiger partial charge in [0.05, 0.1) is 12.2 Å². The van der Waals surface area contributed by atoms with E-state index < -0.39 is 0 Å². The van der Waals surface area contributed by atoms with Crippen LogP contribution in [-0.2, 0) is 4.74 Å². The maximum atomic E-state index is 5.05. The molecule has 1 saturated heterocycles. The maximum Gasteiger partial charge on any atom is 0.0886 e. The van der Waals surface area contributed by atoms with Crippen molar-refractivity contribution in [1.29, 1.82) is 0 Å². The highest BCUT2D eigenvalue weighted by Crippen LogP contribution is 2.28. The average molecular weight is 156 g/mol. The van der Waals surface area contributed by atoms with Crippen molar-refractivity contribution in [2.24, 2.45) is 0 Å². The highest BCUT2D eigenvalue weighted by molar-refractivity contribution is 4.84. The van der Waals surface area contributed by atoms with Crippen LogP contribution in [0.2, 0.25) is 0 Å². The van der Waals surface area contributed by atoms with Crippen LogP contribution >= 0.6 is 0 Å². The summed E-state index contributed by atoms with van der Waals surface area (Å²) in [6.07, 6.45) is 2.27. The largest absolute Gasteiger partial charge is 0.370 e. The second kappa shape index (κ2) is 4.55. The van der Waals surface area contributed by atoms with Gasteiger partial charge in [-0.2, -0.15) is 0 Å². The molecule has 0 aromatic carbocycles. The molecule has 0 radical (unpaired) electrons. The minimum absolute atomic E-state index is 0.292. The first-order valence-corrected chi connectivity index (χ1v) is 4.32. The Morgan fingerprint density at radius 3 is 1.91 bits per heavy atom. The number of hydrogen-bond acceptors (Lipinski definition) is 1. The van der Waals surface area contributed by atoms with Gasteiger partial charge in [0.1, 0.15) is 0 Å². The lowest BCUT2D eigenvalue weighted by Crippen LogP contribution is -1.98. The van der Waals surface area contributed by atoms with Gasteiger partial charge in [0, 0.05) is 0 Å². The first-order valence-electron chi connectivity index (χ1n) is 4.32. The van der Waals surface area contributed by atoms with Crippen LogP contribution in [0.15, 0.2) is 12.2 Å². The van der Waals surface area contributed by atoms with Crippen molar-refractivity contribution in [1.82, 2.24) is 0 Å². The van der Waals surface area contributed by atoms with E-state index in [1.54, 1.807) is 0 Å². The maximum absolute atomic E-state index is 5.05. The SMILES string of the molecule is C=C(C)CC.CCC1(C)CO1. The quantitative estimate of drug-likeness (QED) is 0.442. The summed E-state index contributed by atoms with van der Waals surface area (Å²) >= 11 is 0. The molecule has 11 heavy (non-hydrogen) atoms. The van der Waals surface area contributed by atoms with Crippen molar-refractivity contribution >= 4 is 0 Å². The van der Waals surface area contributed by atoms with Crippen LogP contribution in [0.3, 0.4) is 0 Å². The Labute approximate surface area is 70.4 Å². The summed E-state index contributed by atoms with van der Waals surface area (Å²) in [5, 5.41) is 0. The van der Waals surface area contributed by atoms with Gasteiger partial charge in [-0.15, -0.1) is 6.58 Å². The van der Waals surface area contributed by atoms with E-state index in [2.05, 4.69) is 27.4 Å². The van der Waals surface area contributed by atoms with E-state index in [1.807, 2.05) is 6.92 Å². The number of epoxide rings is 1. The number of hydrogen-bond donors (Lipinski definition) is 0. The van der Waals surface area contributed by atoms with E-state index >= 15 is 0 Å². The summed E-state index contributed by atoms with van der Waals surface area (Å²) in [5.74, 6) is 0. The molecule has 1 atom stereocenters. The zero-order valence-electron chi connectivity index (χ0n) is 8.24. The highest BCUT2D eigenvalue weighted by Gasteiger charge is 2.36. The van der Waals surface area contributed by atoms with Crippen molar-refractivity contribution in [2.45, 2.75) is 46.1 Å². The summed E-state index contributed by atoms with van der Waals surface area (Å²) in [4.78, 5) is 0. The van der Waals surface area contributed by atoms with Crippen molar-refractivity contribution in [3.63, 3.8) is 0 Å². The molecule has 1 heterocycles. The van der Waals surface area contributed by atoms with Gasteiger partial charge in [-0.1, -0.05) is 19.4 Å². The van der Waals surface area contributed by atoms with Crippen LogP contribution in [0.5, 0.6) is 0 Å². The molecule has 1 rings (SSSR count). The Morgan fingerprint density at radius 2 is 1.91 bits per heavy atom. The Bertz CT molecular complexity index is 123. The van der Waals surface area contributed by atoms with Gasteiger partial charge in [-0.05, 0) is 26.7 Å². The Hall–Kier alpha value is -0.300. The fourth-order valence-corrected chi connectivity index (χ4v) is 0.327. The summed E-state index contributed by atoms with van der Waals surface area (Å²) < 4.78 is 5.05. The minimum Gasteiger partial charge on any atom is -0.370 e. The molecule has 1 aliphatic rings. The highest BCUT2D eigenvalue weighted by atomic mass is 16.6. The van der Waals surface area contributed by atoms with Gasteiger partial charge in [-0.25, -0.2) is 0 Å². The summed E-state index contributed by atoms with van der Waals surface area (Å²) in [7, 11) is 0. The molecule has 0 aromatic rings. The topological polar surface area (TPSA) is 12.5 Å². The van der Waals surface area contributed by atoms with Crippen LogP contribution in [0.4, 0.5) is 0 Å². The Morgan fingerprint density at radius 1 is 1.55 bits per heavy atom. The fraction of sp³-hybridized carbons (Fsp3) is 0.800. The predicted octanol–water partition coefficient (Wildman–Crippen LogP) is 3.16. The van der Waals surface area contributed by atoms with Crippen LogP contribution < -0.4 is 0 Å². The van der Waals surface area contributed by atoms with E-state index in [1.165, 1.54) is 5.57 Å². The van der Waals surface area contributed by atoms with Crippen molar-refractivity contribution in [2.75, 3.05) is 6.61 Å². The van der Waals surface area contributed by atoms with E-state index in [0.29, 0.717) is 5.60 Å². The zero-order valence-corrected chi connectivity index (χ0v) is 8.24. The molecule has 1 heteroatoms. The standard InChI is InChI=1S/C5H10O.C5H10/c1-3-5(2)4-6-5;1-4-5(2)3/h3-4H2,1-2H3;2,4H2,1,3H3. The van der Waals surface area contributed by atoms with E-state index in [-0.39, 0.29) is 0 Å². The van der Waals surface area contributed by atoms with Gasteiger partial charge in [-0.3, -0.25) is 0 Å². The van der Waals surface area contributed by atoms with Gasteiger partial charge >= 0.3 is 0 Å². The first kappa shape index (κ1) is 10.7. The van der Waals surface area contributed by atoms with Crippen LogP contribution in [0, 0.1) is 0 Å². The zero-order chi connectivity index (χ0) is 8.91. The number of allylic oxidation sites excluding steroid dienone is 1. The van der Waals surface area contributed by atoms with Crippen molar-refractivity contribution < 1.29 is 4.74 Å². The molecular weight excluding hydrogens is 136 g/mol. The molecule has 1 unspecified atom stereocenters. The van der Waals surface area contributed by atoms with E-state index in [9.17, 15) is 0 Å². The number of rotatable bonds is 2. The summed E-state index contributed by atoms with van der Waals surface area (Å²) in [6.45, 7) is 13.1. The normalized spacial score (nSPS) is 26.9. The first-order chi connectivity index (χ1) is 5.04. The molecule has 0 spiro atoms. The molecule has 1 fully saturated rings. The van der Waals surface area contributed by atoms with Crippen LogP contribution in [0.25, 0.3) is 0 Å². The third-order valence-electron chi connectivity index (χ3n) is 1.99. The lowest BCUT2D eigenvalue weighted by molar-refractivity contribution is 0.317. The third-order valence-corrected chi connectivity index (χ3v) is 1.99. The van der Waals surface area contributed by atoms with E-state index in [4.69, 9.17) is 4.74 Å². The molecule has 0 aliphatic carbocycles. The molecule has 0 bridgehead atoms. The number of ether oxygens (including phenoxy) is 1. The molecule has 0 saturated carbocycles. The average Bonchev–Trinajstić information content (AvgIpc) is 2.71. The van der Waals surface area contributed by atoms with Gasteiger partial charge in [0.15, 0.2) is 0 Å². The summed E-state index contributed by atoms with van der Waals surface area (Å²) in [6, 6.07) is 0. The Kier molecular flexibility index (Phi) is 4.43. The van der Waals surface area contributed by atoms with Gasteiger partial charge in [0.2, 0.25) is 0 Å². The molecule has 0 N–H and O–H groups in total. The second-order valence-electron chi connectivity index (χ2n) is 3.40. The fourth-order valence-electron chi connectivity index (χ4n) is 0.327. The minimum atomic E-state index is 0.292. The molecule has 66 valence electrons. The molecule has 0 aromatic heterocycles. The molecule has 0 amide bonds. The smallest absolute Gasteiger partial charge is 0.0886 e. The molecule has 1 nitrogen and oxygen atoms in total. The lowest BCUT2D eigenvalue weighted by atomic mass is 10.1. The predicted molar refractivity (Wildman–Crippen MR) is 49.8 cm³/mol. The van der Waals surface area contributed by atoms with Crippen molar-refractivity contribution in [3.8, 4) is 0 Å². The van der Waals surface area contributed by atoms with Gasteiger partial charge < -0.3 is 4.74 Å². The second-order valence-corrected chi connectivity index (χ2v) is 3.40. The third kappa shape index (κ3) is 6.11. The van der Waals surface area contributed by atoms with E-state index in [0.717, 1.165) is 19.4 Å². The molecular formula is C10H20O.